The third-order valence-corrected chi connectivity index (χ3v) is 4.19. The summed E-state index contributed by atoms with van der Waals surface area (Å²) in [7, 11) is 0. The zero-order valence-corrected chi connectivity index (χ0v) is 13.1. The zero-order valence-electron chi connectivity index (χ0n) is 13.1. The minimum absolute atomic E-state index is 0.374. The Morgan fingerprint density at radius 3 is 2.52 bits per heavy atom. The van der Waals surface area contributed by atoms with E-state index in [9.17, 15) is 15.3 Å². The van der Waals surface area contributed by atoms with Crippen molar-refractivity contribution in [3.63, 3.8) is 0 Å². The number of imidazole rings is 1. The first-order chi connectivity index (χ1) is 11.1. The van der Waals surface area contributed by atoms with E-state index in [1.165, 1.54) is 12.7 Å². The fourth-order valence-corrected chi connectivity index (χ4v) is 2.89. The molecule has 1 aliphatic heterocycles. The van der Waals surface area contributed by atoms with Crippen molar-refractivity contribution in [1.82, 2.24) is 19.5 Å². The van der Waals surface area contributed by atoms with Crippen LogP contribution in [0.3, 0.4) is 0 Å². The number of hydrogen-bond acceptors (Lipinski definition) is 8. The van der Waals surface area contributed by atoms with Crippen LogP contribution in [0.15, 0.2) is 12.7 Å². The number of fused-ring (bicyclic) bond motifs is 1. The molecule has 3 rings (SSSR count). The summed E-state index contributed by atoms with van der Waals surface area (Å²) in [5, 5.41) is 29.3. The van der Waals surface area contributed by atoms with Crippen molar-refractivity contribution in [2.45, 2.75) is 38.4 Å². The van der Waals surface area contributed by atoms with Gasteiger partial charge >= 0.3 is 0 Å². The first kappa shape index (κ1) is 16.1. The molecule has 2 aromatic heterocycles. The van der Waals surface area contributed by atoms with E-state index in [0.29, 0.717) is 17.0 Å². The molecule has 1 aliphatic rings. The number of aliphatic hydroxyl groups excluding tert-OH is 3. The van der Waals surface area contributed by atoms with E-state index in [-0.39, 0.29) is 6.61 Å². The second-order valence-corrected chi connectivity index (χ2v) is 5.42. The topological polar surface area (TPSA) is 117 Å². The van der Waals surface area contributed by atoms with Gasteiger partial charge in [0.15, 0.2) is 23.2 Å². The van der Waals surface area contributed by atoms with E-state index >= 15 is 0 Å². The maximum Gasteiger partial charge on any atom is 0.167 e. The highest BCUT2D eigenvalue weighted by molar-refractivity contribution is 5.83. The standard InChI is InChI=1S/C14H21N5O4/c1-3-18(4-2)12-9-13(16-6-15-12)19(7-17-9)14-11(22)10(21)8(5-20)23-14/h6-8,10-11,14,20-22H,3-5H2,1-2H3/t8-,10-,11-,14-/m0/s1. The lowest BCUT2D eigenvalue weighted by Crippen LogP contribution is -2.33. The Morgan fingerprint density at radius 2 is 1.91 bits per heavy atom. The van der Waals surface area contributed by atoms with Gasteiger partial charge in [-0.25, -0.2) is 15.0 Å². The molecule has 0 unspecified atom stereocenters. The molecule has 0 spiro atoms. The molecule has 0 saturated carbocycles. The molecular formula is C14H21N5O4. The van der Waals surface area contributed by atoms with Gasteiger partial charge in [0.25, 0.3) is 0 Å². The van der Waals surface area contributed by atoms with Crippen LogP contribution < -0.4 is 4.90 Å². The molecule has 4 atom stereocenters. The van der Waals surface area contributed by atoms with Gasteiger partial charge in [-0.15, -0.1) is 0 Å². The molecule has 23 heavy (non-hydrogen) atoms. The fraction of sp³-hybridized carbons (Fsp3) is 0.643. The van der Waals surface area contributed by atoms with Crippen LogP contribution >= 0.6 is 0 Å². The van der Waals surface area contributed by atoms with E-state index < -0.39 is 24.5 Å². The Bertz CT molecular complexity index is 674. The van der Waals surface area contributed by atoms with Crippen LogP contribution in [-0.2, 0) is 4.74 Å². The maximum absolute atomic E-state index is 10.2. The molecular weight excluding hydrogens is 302 g/mol. The summed E-state index contributed by atoms with van der Waals surface area (Å²) in [4.78, 5) is 14.9. The van der Waals surface area contributed by atoms with Crippen molar-refractivity contribution >= 4 is 17.0 Å². The Morgan fingerprint density at radius 1 is 1.17 bits per heavy atom. The highest BCUT2D eigenvalue weighted by atomic mass is 16.6. The van der Waals surface area contributed by atoms with Crippen LogP contribution in [-0.4, -0.2) is 72.8 Å². The summed E-state index contributed by atoms with van der Waals surface area (Å²) < 4.78 is 7.10. The quantitative estimate of drug-likeness (QED) is 0.660. The van der Waals surface area contributed by atoms with Gasteiger partial charge in [-0.05, 0) is 13.8 Å². The van der Waals surface area contributed by atoms with Gasteiger partial charge in [0.05, 0.1) is 12.9 Å². The second-order valence-electron chi connectivity index (χ2n) is 5.42. The molecule has 0 radical (unpaired) electrons. The van der Waals surface area contributed by atoms with Gasteiger partial charge in [-0.3, -0.25) is 4.57 Å². The van der Waals surface area contributed by atoms with Gasteiger partial charge in [0, 0.05) is 13.1 Å². The summed E-state index contributed by atoms with van der Waals surface area (Å²) in [6.07, 6.45) is -1.08. The predicted molar refractivity (Wildman–Crippen MR) is 81.9 cm³/mol. The van der Waals surface area contributed by atoms with Crippen LogP contribution in [0.25, 0.3) is 11.2 Å². The molecule has 3 heterocycles. The Hall–Kier alpha value is -1.81. The number of nitrogens with zero attached hydrogens (tertiary/aromatic N) is 5. The number of hydrogen-bond donors (Lipinski definition) is 3. The van der Waals surface area contributed by atoms with Crippen molar-refractivity contribution in [2.24, 2.45) is 0 Å². The molecule has 0 bridgehead atoms. The lowest BCUT2D eigenvalue weighted by Gasteiger charge is -2.20. The molecule has 1 saturated heterocycles. The zero-order chi connectivity index (χ0) is 16.6. The third-order valence-electron chi connectivity index (χ3n) is 4.19. The Balaban J connectivity index is 2.02. The lowest BCUT2D eigenvalue weighted by atomic mass is 10.1. The number of anilines is 1. The molecule has 0 aromatic carbocycles. The van der Waals surface area contributed by atoms with E-state index in [2.05, 4.69) is 19.9 Å². The maximum atomic E-state index is 10.2. The minimum Gasteiger partial charge on any atom is -0.394 e. The van der Waals surface area contributed by atoms with Crippen molar-refractivity contribution in [1.29, 1.82) is 0 Å². The van der Waals surface area contributed by atoms with Crippen molar-refractivity contribution < 1.29 is 20.1 Å². The highest BCUT2D eigenvalue weighted by Crippen LogP contribution is 2.32. The minimum atomic E-state index is -1.17. The summed E-state index contributed by atoms with van der Waals surface area (Å²) in [6.45, 7) is 5.24. The SMILES string of the molecule is CCN(CC)c1ncnc2c1ncn2[C@H]1O[C@@H](CO)[C@H](O)[C@@H]1O. The summed E-state index contributed by atoms with van der Waals surface area (Å²) in [6, 6.07) is 0. The molecule has 9 nitrogen and oxygen atoms in total. The summed E-state index contributed by atoms with van der Waals surface area (Å²) in [5.74, 6) is 0.713. The monoisotopic (exact) mass is 323 g/mol. The van der Waals surface area contributed by atoms with Gasteiger partial charge in [0.1, 0.15) is 24.6 Å². The predicted octanol–water partition coefficient (Wildman–Crippen LogP) is -0.716. The molecule has 126 valence electrons. The first-order valence-corrected chi connectivity index (χ1v) is 7.67. The van der Waals surface area contributed by atoms with Gasteiger partial charge in [-0.1, -0.05) is 0 Å². The summed E-state index contributed by atoms with van der Waals surface area (Å²) in [5.41, 5.74) is 1.12. The van der Waals surface area contributed by atoms with E-state index in [4.69, 9.17) is 4.74 Å². The largest absolute Gasteiger partial charge is 0.394 e. The van der Waals surface area contributed by atoms with E-state index in [1.54, 1.807) is 4.57 Å². The van der Waals surface area contributed by atoms with Crippen LogP contribution in [0.5, 0.6) is 0 Å². The van der Waals surface area contributed by atoms with Crippen LogP contribution in [0.4, 0.5) is 5.82 Å². The van der Waals surface area contributed by atoms with Crippen molar-refractivity contribution in [3.8, 4) is 0 Å². The second kappa shape index (κ2) is 6.36. The third kappa shape index (κ3) is 2.55. The van der Waals surface area contributed by atoms with Crippen molar-refractivity contribution in [2.75, 3.05) is 24.6 Å². The molecule has 1 fully saturated rings. The Kier molecular flexibility index (Phi) is 4.44. The van der Waals surface area contributed by atoms with Crippen LogP contribution in [0, 0.1) is 0 Å². The smallest absolute Gasteiger partial charge is 0.167 e. The van der Waals surface area contributed by atoms with Crippen molar-refractivity contribution in [3.05, 3.63) is 12.7 Å². The summed E-state index contributed by atoms with van der Waals surface area (Å²) >= 11 is 0. The van der Waals surface area contributed by atoms with Gasteiger partial charge < -0.3 is 25.0 Å². The normalized spacial score (nSPS) is 27.7. The molecule has 0 aliphatic carbocycles. The van der Waals surface area contributed by atoms with Crippen LogP contribution in [0.1, 0.15) is 20.1 Å². The number of aliphatic hydroxyl groups is 3. The lowest BCUT2D eigenvalue weighted by molar-refractivity contribution is -0.0511. The molecule has 2 aromatic rings. The number of aromatic nitrogens is 4. The van der Waals surface area contributed by atoms with Gasteiger partial charge in [0.2, 0.25) is 0 Å². The molecule has 3 N–H and O–H groups in total. The van der Waals surface area contributed by atoms with Gasteiger partial charge in [-0.2, -0.15) is 0 Å². The average molecular weight is 323 g/mol. The highest BCUT2D eigenvalue weighted by Gasteiger charge is 2.44. The van der Waals surface area contributed by atoms with E-state index in [1.807, 2.05) is 13.8 Å². The fourth-order valence-electron chi connectivity index (χ4n) is 2.89. The molecule has 9 heteroatoms. The molecule has 0 amide bonds. The average Bonchev–Trinajstić information content (AvgIpc) is 3.11. The number of ether oxygens (including phenoxy) is 1. The Labute approximate surface area is 133 Å². The first-order valence-electron chi connectivity index (χ1n) is 7.67. The van der Waals surface area contributed by atoms with Crippen LogP contribution in [0.2, 0.25) is 0 Å². The number of rotatable bonds is 5. The van der Waals surface area contributed by atoms with E-state index in [0.717, 1.165) is 13.1 Å².